The van der Waals surface area contributed by atoms with Gasteiger partial charge in [0.1, 0.15) is 5.82 Å². The average Bonchev–Trinajstić information content (AvgIpc) is 2.86. The summed E-state index contributed by atoms with van der Waals surface area (Å²) in [5, 5.41) is 3.45. The lowest BCUT2D eigenvalue weighted by atomic mass is 10.0. The van der Waals surface area contributed by atoms with Gasteiger partial charge in [0, 0.05) is 31.0 Å². The van der Waals surface area contributed by atoms with Gasteiger partial charge in [-0.05, 0) is 19.4 Å². The van der Waals surface area contributed by atoms with Crippen LogP contribution >= 0.6 is 0 Å². The molecule has 1 aromatic heterocycles. The van der Waals surface area contributed by atoms with E-state index in [0.29, 0.717) is 24.5 Å². The lowest BCUT2D eigenvalue weighted by Gasteiger charge is -2.36. The van der Waals surface area contributed by atoms with Gasteiger partial charge in [0.05, 0.1) is 6.54 Å². The maximum atomic E-state index is 12.9. The Labute approximate surface area is 119 Å². The number of aromatic nitrogens is 2. The van der Waals surface area contributed by atoms with Gasteiger partial charge in [0.2, 0.25) is 0 Å². The summed E-state index contributed by atoms with van der Waals surface area (Å²) in [5.41, 5.74) is 0. The van der Waals surface area contributed by atoms with Crippen LogP contribution in [0.1, 0.15) is 45.5 Å². The van der Waals surface area contributed by atoms with Crippen LogP contribution < -0.4 is 5.32 Å². The summed E-state index contributed by atoms with van der Waals surface area (Å²) in [6.07, 6.45) is 6.27. The van der Waals surface area contributed by atoms with Crippen molar-refractivity contribution in [2.24, 2.45) is 0 Å². The molecule has 114 valence electrons. The Morgan fingerprint density at radius 1 is 1.40 bits per heavy atom. The van der Waals surface area contributed by atoms with Crippen molar-refractivity contribution in [1.82, 2.24) is 19.8 Å². The number of piperidine rings is 1. The van der Waals surface area contributed by atoms with Gasteiger partial charge in [-0.15, -0.1) is 0 Å². The van der Waals surface area contributed by atoms with E-state index < -0.39 is 6.55 Å². The average molecular weight is 286 g/mol. The second-order valence-corrected chi connectivity index (χ2v) is 5.71. The van der Waals surface area contributed by atoms with E-state index in [1.165, 1.54) is 18.8 Å². The lowest BCUT2D eigenvalue weighted by Crippen LogP contribution is -2.46. The minimum atomic E-state index is -2.51. The molecule has 0 radical (unpaired) electrons. The van der Waals surface area contributed by atoms with E-state index in [9.17, 15) is 8.78 Å². The third kappa shape index (κ3) is 3.99. The highest BCUT2D eigenvalue weighted by Crippen LogP contribution is 2.20. The first kappa shape index (κ1) is 15.4. The molecule has 1 atom stereocenters. The van der Waals surface area contributed by atoms with Crippen LogP contribution in [0.4, 0.5) is 8.78 Å². The summed E-state index contributed by atoms with van der Waals surface area (Å²) >= 11 is 0. The quantitative estimate of drug-likeness (QED) is 0.872. The third-order valence-electron chi connectivity index (χ3n) is 3.81. The van der Waals surface area contributed by atoms with Gasteiger partial charge >= 0.3 is 6.55 Å². The van der Waals surface area contributed by atoms with E-state index in [-0.39, 0.29) is 0 Å². The van der Waals surface area contributed by atoms with Crippen LogP contribution in [-0.4, -0.2) is 39.6 Å². The van der Waals surface area contributed by atoms with Crippen LogP contribution in [0.25, 0.3) is 0 Å². The Kier molecular flexibility index (Phi) is 5.48. The highest BCUT2D eigenvalue weighted by Gasteiger charge is 2.24. The number of nitrogens with zero attached hydrogens (tertiary/aromatic N) is 3. The van der Waals surface area contributed by atoms with Crippen LogP contribution in [0, 0.1) is 0 Å². The van der Waals surface area contributed by atoms with E-state index in [1.807, 2.05) is 0 Å². The number of hydrogen-bond donors (Lipinski definition) is 1. The van der Waals surface area contributed by atoms with Crippen molar-refractivity contribution < 1.29 is 8.78 Å². The Morgan fingerprint density at radius 3 is 2.90 bits per heavy atom. The standard InChI is InChI=1S/C14H24F2N4/c1-11(2)18-9-12-5-3-4-7-19(12)10-13-17-6-8-20(13)14(15)16/h6,8,11-12,14,18H,3-5,7,9-10H2,1-2H3. The molecule has 1 N–H and O–H groups in total. The third-order valence-corrected chi connectivity index (χ3v) is 3.81. The maximum absolute atomic E-state index is 12.9. The molecule has 4 nitrogen and oxygen atoms in total. The lowest BCUT2D eigenvalue weighted by molar-refractivity contribution is 0.0594. The first-order valence-electron chi connectivity index (χ1n) is 7.35. The molecule has 1 unspecified atom stereocenters. The number of nitrogens with one attached hydrogen (secondary N) is 1. The van der Waals surface area contributed by atoms with E-state index in [2.05, 4.69) is 29.0 Å². The SMILES string of the molecule is CC(C)NCC1CCCCN1Cc1nccn1C(F)F. The van der Waals surface area contributed by atoms with Gasteiger partial charge < -0.3 is 5.32 Å². The summed E-state index contributed by atoms with van der Waals surface area (Å²) in [6, 6.07) is 0.857. The Morgan fingerprint density at radius 2 is 2.20 bits per heavy atom. The molecule has 0 bridgehead atoms. The fourth-order valence-electron chi connectivity index (χ4n) is 2.70. The molecule has 1 fully saturated rings. The zero-order valence-electron chi connectivity index (χ0n) is 12.2. The molecular formula is C14H24F2N4. The maximum Gasteiger partial charge on any atom is 0.319 e. The zero-order chi connectivity index (χ0) is 14.5. The number of halogens is 2. The zero-order valence-corrected chi connectivity index (χ0v) is 12.2. The number of hydrogen-bond acceptors (Lipinski definition) is 3. The summed E-state index contributed by atoms with van der Waals surface area (Å²) in [7, 11) is 0. The highest BCUT2D eigenvalue weighted by molar-refractivity contribution is 4.94. The molecule has 2 heterocycles. The second kappa shape index (κ2) is 7.13. The fourth-order valence-corrected chi connectivity index (χ4v) is 2.70. The van der Waals surface area contributed by atoms with E-state index in [4.69, 9.17) is 0 Å². The van der Waals surface area contributed by atoms with Gasteiger partial charge in [-0.2, -0.15) is 8.78 Å². The molecule has 1 aromatic rings. The topological polar surface area (TPSA) is 33.1 Å². The van der Waals surface area contributed by atoms with Crippen LogP contribution in [0.2, 0.25) is 0 Å². The number of likely N-dealkylation sites (tertiary alicyclic amines) is 1. The van der Waals surface area contributed by atoms with Gasteiger partial charge in [0.25, 0.3) is 0 Å². The molecule has 1 aliphatic heterocycles. The predicted molar refractivity (Wildman–Crippen MR) is 74.7 cm³/mol. The first-order chi connectivity index (χ1) is 9.58. The number of imidazole rings is 1. The molecule has 20 heavy (non-hydrogen) atoms. The molecule has 2 rings (SSSR count). The summed E-state index contributed by atoms with van der Waals surface area (Å²) in [6.45, 7) is 4.10. The van der Waals surface area contributed by atoms with Crippen molar-refractivity contribution in [3.8, 4) is 0 Å². The van der Waals surface area contributed by atoms with Crippen molar-refractivity contribution in [3.63, 3.8) is 0 Å². The number of alkyl halides is 2. The molecule has 6 heteroatoms. The smallest absolute Gasteiger partial charge is 0.313 e. The summed E-state index contributed by atoms with van der Waals surface area (Å²) in [5.74, 6) is 0.455. The molecule has 1 aliphatic rings. The normalized spacial score (nSPS) is 21.0. The van der Waals surface area contributed by atoms with Crippen LogP contribution in [0.5, 0.6) is 0 Å². The minimum Gasteiger partial charge on any atom is -0.313 e. The summed E-state index contributed by atoms with van der Waals surface area (Å²) in [4.78, 5) is 6.36. The van der Waals surface area contributed by atoms with Crippen molar-refractivity contribution in [2.75, 3.05) is 13.1 Å². The van der Waals surface area contributed by atoms with Crippen molar-refractivity contribution in [3.05, 3.63) is 18.2 Å². The first-order valence-corrected chi connectivity index (χ1v) is 7.35. The minimum absolute atomic E-state index is 0.411. The van der Waals surface area contributed by atoms with Crippen molar-refractivity contribution in [1.29, 1.82) is 0 Å². The summed E-state index contributed by atoms with van der Waals surface area (Å²) < 4.78 is 26.7. The second-order valence-electron chi connectivity index (χ2n) is 5.71. The van der Waals surface area contributed by atoms with E-state index in [1.54, 1.807) is 0 Å². The Balaban J connectivity index is 1.99. The molecular weight excluding hydrogens is 262 g/mol. The van der Waals surface area contributed by atoms with Gasteiger partial charge in [0.15, 0.2) is 0 Å². The highest BCUT2D eigenvalue weighted by atomic mass is 19.3. The van der Waals surface area contributed by atoms with Crippen LogP contribution in [0.3, 0.4) is 0 Å². The van der Waals surface area contributed by atoms with Crippen LogP contribution in [-0.2, 0) is 6.54 Å². The van der Waals surface area contributed by atoms with Gasteiger partial charge in [-0.3, -0.25) is 9.47 Å². The Bertz CT molecular complexity index is 406. The molecule has 0 spiro atoms. The van der Waals surface area contributed by atoms with Gasteiger partial charge in [-0.1, -0.05) is 20.3 Å². The van der Waals surface area contributed by atoms with Crippen molar-refractivity contribution >= 4 is 0 Å². The fraction of sp³-hybridized carbons (Fsp3) is 0.786. The molecule has 0 aliphatic carbocycles. The molecule has 1 saturated heterocycles. The molecule has 0 aromatic carbocycles. The number of rotatable bonds is 6. The van der Waals surface area contributed by atoms with Crippen LogP contribution in [0.15, 0.2) is 12.4 Å². The Hall–Kier alpha value is -1.01. The van der Waals surface area contributed by atoms with Gasteiger partial charge in [-0.25, -0.2) is 4.98 Å². The monoisotopic (exact) mass is 286 g/mol. The predicted octanol–water partition coefficient (Wildman–Crippen LogP) is 2.63. The molecule has 0 saturated carbocycles. The molecule has 0 amide bonds. The van der Waals surface area contributed by atoms with Crippen molar-refractivity contribution in [2.45, 2.75) is 58.3 Å². The largest absolute Gasteiger partial charge is 0.319 e. The van der Waals surface area contributed by atoms with E-state index >= 15 is 0 Å². The van der Waals surface area contributed by atoms with E-state index in [0.717, 1.165) is 30.5 Å².